The van der Waals surface area contributed by atoms with Crippen molar-refractivity contribution < 1.29 is 23.9 Å². The van der Waals surface area contributed by atoms with Crippen LogP contribution >= 0.6 is 0 Å². The van der Waals surface area contributed by atoms with E-state index in [0.29, 0.717) is 19.5 Å². The number of benzene rings is 1. The lowest BCUT2D eigenvalue weighted by Crippen LogP contribution is -2.55. The zero-order chi connectivity index (χ0) is 20.6. The third-order valence-electron chi connectivity index (χ3n) is 5.75. The lowest BCUT2D eigenvalue weighted by atomic mass is 9.83. The van der Waals surface area contributed by atoms with Crippen LogP contribution in [-0.2, 0) is 19.1 Å². The SMILES string of the molecule is COC(=O)C1(C)CC2C(c3ccccc3C)N(C(=O)OC(C)C)CCN2C1=O. The number of piperazine rings is 1. The van der Waals surface area contributed by atoms with Crippen LogP contribution in [0.2, 0.25) is 0 Å². The number of methoxy groups -OCH3 is 1. The summed E-state index contributed by atoms with van der Waals surface area (Å²) in [5.74, 6) is -0.772. The average Bonchev–Trinajstić information content (AvgIpc) is 2.92. The third-order valence-corrected chi connectivity index (χ3v) is 5.75. The predicted molar refractivity (Wildman–Crippen MR) is 102 cm³/mol. The van der Waals surface area contributed by atoms with E-state index < -0.39 is 17.5 Å². The second kappa shape index (κ2) is 7.45. The van der Waals surface area contributed by atoms with E-state index in [1.807, 2.05) is 45.0 Å². The van der Waals surface area contributed by atoms with Crippen LogP contribution < -0.4 is 0 Å². The van der Waals surface area contributed by atoms with Crippen molar-refractivity contribution in [1.82, 2.24) is 9.80 Å². The highest BCUT2D eigenvalue weighted by molar-refractivity contribution is 6.04. The molecule has 3 unspecified atom stereocenters. The van der Waals surface area contributed by atoms with Crippen molar-refractivity contribution in [2.75, 3.05) is 20.2 Å². The first kappa shape index (κ1) is 20.2. The molecular formula is C21H28N2O5. The van der Waals surface area contributed by atoms with E-state index in [0.717, 1.165) is 11.1 Å². The second-order valence-electron chi connectivity index (χ2n) is 8.02. The van der Waals surface area contributed by atoms with E-state index in [-0.39, 0.29) is 24.1 Å². The molecule has 0 saturated carbocycles. The van der Waals surface area contributed by atoms with Crippen LogP contribution in [0, 0.1) is 12.3 Å². The van der Waals surface area contributed by atoms with Gasteiger partial charge in [0, 0.05) is 13.1 Å². The zero-order valence-corrected chi connectivity index (χ0v) is 17.1. The summed E-state index contributed by atoms with van der Waals surface area (Å²) >= 11 is 0. The average molecular weight is 388 g/mol. The number of hydrogen-bond donors (Lipinski definition) is 0. The lowest BCUT2D eigenvalue weighted by Gasteiger charge is -2.44. The first-order valence-corrected chi connectivity index (χ1v) is 9.63. The van der Waals surface area contributed by atoms with Crippen LogP contribution in [0.25, 0.3) is 0 Å². The molecule has 1 aromatic rings. The van der Waals surface area contributed by atoms with Gasteiger partial charge in [-0.2, -0.15) is 0 Å². The number of rotatable bonds is 3. The summed E-state index contributed by atoms with van der Waals surface area (Å²) in [6.07, 6.45) is -0.348. The molecule has 2 amide bonds. The molecule has 0 aliphatic carbocycles. The van der Waals surface area contributed by atoms with E-state index in [4.69, 9.17) is 9.47 Å². The molecule has 0 bridgehead atoms. The number of esters is 1. The van der Waals surface area contributed by atoms with E-state index in [1.165, 1.54) is 7.11 Å². The van der Waals surface area contributed by atoms with Gasteiger partial charge in [-0.1, -0.05) is 24.3 Å². The Morgan fingerprint density at radius 1 is 1.21 bits per heavy atom. The molecule has 28 heavy (non-hydrogen) atoms. The highest BCUT2D eigenvalue weighted by atomic mass is 16.6. The molecule has 0 spiro atoms. The molecule has 152 valence electrons. The summed E-state index contributed by atoms with van der Waals surface area (Å²) in [4.78, 5) is 41.7. The van der Waals surface area contributed by atoms with Gasteiger partial charge in [0.05, 0.1) is 25.3 Å². The van der Waals surface area contributed by atoms with Crippen molar-refractivity contribution in [2.24, 2.45) is 5.41 Å². The van der Waals surface area contributed by atoms with Gasteiger partial charge in [-0.15, -0.1) is 0 Å². The maximum atomic E-state index is 13.1. The van der Waals surface area contributed by atoms with Gasteiger partial charge < -0.3 is 14.4 Å². The fourth-order valence-electron chi connectivity index (χ4n) is 4.36. The summed E-state index contributed by atoms with van der Waals surface area (Å²) < 4.78 is 10.4. The summed E-state index contributed by atoms with van der Waals surface area (Å²) in [5.41, 5.74) is 0.744. The molecule has 2 aliphatic heterocycles. The van der Waals surface area contributed by atoms with Crippen molar-refractivity contribution >= 4 is 18.0 Å². The Hall–Kier alpha value is -2.57. The monoisotopic (exact) mass is 388 g/mol. The molecule has 0 radical (unpaired) electrons. The van der Waals surface area contributed by atoms with Crippen LogP contribution in [-0.4, -0.2) is 60.1 Å². The fraction of sp³-hybridized carbons (Fsp3) is 0.571. The van der Waals surface area contributed by atoms with Crippen LogP contribution in [0.15, 0.2) is 24.3 Å². The fourth-order valence-corrected chi connectivity index (χ4v) is 4.36. The Morgan fingerprint density at radius 2 is 1.89 bits per heavy atom. The zero-order valence-electron chi connectivity index (χ0n) is 17.1. The predicted octanol–water partition coefficient (Wildman–Crippen LogP) is 2.68. The van der Waals surface area contributed by atoms with Crippen LogP contribution in [0.5, 0.6) is 0 Å². The molecule has 0 aromatic heterocycles. The molecule has 3 rings (SSSR count). The molecule has 2 heterocycles. The topological polar surface area (TPSA) is 76.2 Å². The van der Waals surface area contributed by atoms with Gasteiger partial charge in [0.1, 0.15) is 5.41 Å². The van der Waals surface area contributed by atoms with Crippen molar-refractivity contribution in [3.8, 4) is 0 Å². The van der Waals surface area contributed by atoms with Crippen molar-refractivity contribution in [3.05, 3.63) is 35.4 Å². The third kappa shape index (κ3) is 3.23. The Morgan fingerprint density at radius 3 is 2.50 bits per heavy atom. The van der Waals surface area contributed by atoms with Gasteiger partial charge in [0.15, 0.2) is 0 Å². The molecule has 7 heteroatoms. The van der Waals surface area contributed by atoms with Gasteiger partial charge in [0.2, 0.25) is 5.91 Å². The summed E-state index contributed by atoms with van der Waals surface area (Å²) in [7, 11) is 1.29. The normalized spacial score (nSPS) is 27.0. The smallest absolute Gasteiger partial charge is 0.410 e. The van der Waals surface area contributed by atoms with Crippen molar-refractivity contribution in [1.29, 1.82) is 0 Å². The highest BCUT2D eigenvalue weighted by Gasteiger charge is 2.59. The summed E-state index contributed by atoms with van der Waals surface area (Å²) in [6.45, 7) is 7.95. The number of nitrogens with zero attached hydrogens (tertiary/aromatic N) is 2. The molecule has 2 fully saturated rings. The Balaban J connectivity index is 2.04. The standard InChI is InChI=1S/C21H28N2O5/c1-13(2)28-20(26)23-11-10-22-16(12-21(4,18(22)24)19(25)27-5)17(23)15-9-7-6-8-14(15)3/h6-9,13,16-17H,10-12H2,1-5H3. The largest absolute Gasteiger partial charge is 0.468 e. The molecule has 1 aromatic carbocycles. The molecule has 3 atom stereocenters. The first-order valence-electron chi connectivity index (χ1n) is 9.63. The maximum absolute atomic E-state index is 13.1. The minimum atomic E-state index is -1.24. The quantitative estimate of drug-likeness (QED) is 0.588. The minimum Gasteiger partial charge on any atom is -0.468 e. The van der Waals surface area contributed by atoms with Crippen molar-refractivity contribution in [3.63, 3.8) is 0 Å². The van der Waals surface area contributed by atoms with Gasteiger partial charge in [-0.25, -0.2) is 4.79 Å². The number of carbonyl (C=O) groups is 3. The highest BCUT2D eigenvalue weighted by Crippen LogP contribution is 2.46. The number of aryl methyl sites for hydroxylation is 1. The van der Waals surface area contributed by atoms with Crippen LogP contribution in [0.3, 0.4) is 0 Å². The van der Waals surface area contributed by atoms with Gasteiger partial charge in [-0.3, -0.25) is 14.5 Å². The molecule has 2 aliphatic rings. The Bertz CT molecular complexity index is 793. The molecule has 0 N–H and O–H groups in total. The summed E-state index contributed by atoms with van der Waals surface area (Å²) in [6, 6.07) is 7.12. The first-order chi connectivity index (χ1) is 13.2. The number of amides is 2. The minimum absolute atomic E-state index is 0.236. The molecular weight excluding hydrogens is 360 g/mol. The molecule has 2 saturated heterocycles. The van der Waals surface area contributed by atoms with Gasteiger partial charge in [-0.05, 0) is 45.2 Å². The van der Waals surface area contributed by atoms with Gasteiger partial charge >= 0.3 is 12.1 Å². The second-order valence-corrected chi connectivity index (χ2v) is 8.02. The van der Waals surface area contributed by atoms with Gasteiger partial charge in [0.25, 0.3) is 0 Å². The maximum Gasteiger partial charge on any atom is 0.410 e. The van der Waals surface area contributed by atoms with E-state index in [2.05, 4.69) is 0 Å². The lowest BCUT2D eigenvalue weighted by molar-refractivity contribution is -0.158. The van der Waals surface area contributed by atoms with Crippen LogP contribution in [0.1, 0.15) is 44.4 Å². The Labute approximate surface area is 165 Å². The molecule has 7 nitrogen and oxygen atoms in total. The van der Waals surface area contributed by atoms with Crippen LogP contribution in [0.4, 0.5) is 4.79 Å². The van der Waals surface area contributed by atoms with Crippen molar-refractivity contribution in [2.45, 2.75) is 52.3 Å². The van der Waals surface area contributed by atoms with E-state index in [1.54, 1.807) is 16.7 Å². The number of hydrogen-bond acceptors (Lipinski definition) is 5. The number of carbonyl (C=O) groups excluding carboxylic acids is 3. The Kier molecular flexibility index (Phi) is 5.37. The number of fused-ring (bicyclic) bond motifs is 1. The van der Waals surface area contributed by atoms with E-state index in [9.17, 15) is 14.4 Å². The van der Waals surface area contributed by atoms with E-state index >= 15 is 0 Å². The summed E-state index contributed by atoms with van der Waals surface area (Å²) in [5, 5.41) is 0. The number of ether oxygens (including phenoxy) is 2.